The van der Waals surface area contributed by atoms with E-state index in [0.717, 1.165) is 43.6 Å². The quantitative estimate of drug-likeness (QED) is 0.866. The molecule has 3 N–H and O–H groups in total. The minimum absolute atomic E-state index is 0.237. The van der Waals surface area contributed by atoms with Crippen LogP contribution < -0.4 is 5.73 Å². The molecule has 2 rings (SSSR count). The van der Waals surface area contributed by atoms with E-state index in [4.69, 9.17) is 10.8 Å². The molecule has 1 heterocycles. The lowest BCUT2D eigenvalue weighted by Gasteiger charge is -2.32. The van der Waals surface area contributed by atoms with E-state index < -0.39 is 11.9 Å². The van der Waals surface area contributed by atoms with Crippen molar-refractivity contribution >= 4 is 11.9 Å². The molecule has 5 nitrogen and oxygen atoms in total. The van der Waals surface area contributed by atoms with E-state index >= 15 is 0 Å². The summed E-state index contributed by atoms with van der Waals surface area (Å²) in [6.07, 6.45) is 2.27. The summed E-state index contributed by atoms with van der Waals surface area (Å²) in [7, 11) is 0. The number of primary amides is 1. The van der Waals surface area contributed by atoms with Gasteiger partial charge in [-0.2, -0.15) is 0 Å². The molecule has 1 atom stereocenters. The number of likely N-dealkylation sites (tertiary alicyclic amines) is 1. The number of amides is 1. The van der Waals surface area contributed by atoms with Gasteiger partial charge in [-0.3, -0.25) is 14.5 Å². The summed E-state index contributed by atoms with van der Waals surface area (Å²) < 4.78 is 0. The molecule has 0 aliphatic carbocycles. The van der Waals surface area contributed by atoms with Crippen molar-refractivity contribution in [2.75, 3.05) is 13.1 Å². The number of carbonyl (C=O) groups excluding carboxylic acids is 1. The summed E-state index contributed by atoms with van der Waals surface area (Å²) in [5, 5.41) is 8.91. The van der Waals surface area contributed by atoms with E-state index in [1.54, 1.807) is 6.07 Å². The Labute approximate surface area is 124 Å². The van der Waals surface area contributed by atoms with Gasteiger partial charge in [-0.15, -0.1) is 0 Å². The van der Waals surface area contributed by atoms with Crippen LogP contribution in [0.4, 0.5) is 0 Å². The number of piperidine rings is 1. The minimum Gasteiger partial charge on any atom is -0.481 e. The number of nitrogens with zero attached hydrogens (tertiary/aromatic N) is 1. The summed E-state index contributed by atoms with van der Waals surface area (Å²) >= 11 is 0. The number of aryl methyl sites for hydroxylation is 1. The number of aliphatic carboxylic acids is 1. The molecule has 1 aromatic rings. The van der Waals surface area contributed by atoms with Crippen LogP contribution in [0.3, 0.4) is 0 Å². The van der Waals surface area contributed by atoms with Crippen LogP contribution in [0, 0.1) is 12.8 Å². The van der Waals surface area contributed by atoms with Gasteiger partial charge in [-0.1, -0.05) is 6.07 Å². The first-order valence-corrected chi connectivity index (χ1v) is 7.29. The number of hydrogen-bond donors (Lipinski definition) is 2. The van der Waals surface area contributed by atoms with Gasteiger partial charge in [0.05, 0.1) is 0 Å². The average molecular weight is 290 g/mol. The third-order valence-electron chi connectivity index (χ3n) is 4.09. The normalized spacial score (nSPS) is 19.4. The predicted octanol–water partition coefficient (Wildman–Crippen LogP) is 1.78. The smallest absolute Gasteiger partial charge is 0.303 e. The number of nitrogens with two attached hydrogens (primary N) is 1. The third kappa shape index (κ3) is 4.29. The maximum Gasteiger partial charge on any atom is 0.303 e. The largest absolute Gasteiger partial charge is 0.481 e. The molecule has 1 aliphatic heterocycles. The van der Waals surface area contributed by atoms with Crippen LogP contribution in [0.2, 0.25) is 0 Å². The fourth-order valence-electron chi connectivity index (χ4n) is 2.98. The van der Waals surface area contributed by atoms with Crippen LogP contribution in [0.1, 0.15) is 40.7 Å². The second-order valence-corrected chi connectivity index (χ2v) is 5.85. The van der Waals surface area contributed by atoms with Crippen LogP contribution >= 0.6 is 0 Å². The Kier molecular flexibility index (Phi) is 4.96. The molecule has 1 fully saturated rings. The predicted molar refractivity (Wildman–Crippen MR) is 80.0 cm³/mol. The van der Waals surface area contributed by atoms with Gasteiger partial charge in [0.15, 0.2) is 0 Å². The zero-order chi connectivity index (χ0) is 15.4. The number of carbonyl (C=O) groups is 2. The van der Waals surface area contributed by atoms with Crippen LogP contribution in [-0.4, -0.2) is 35.0 Å². The fourth-order valence-corrected chi connectivity index (χ4v) is 2.98. The first kappa shape index (κ1) is 15.5. The molecule has 1 amide bonds. The van der Waals surface area contributed by atoms with E-state index in [-0.39, 0.29) is 12.3 Å². The van der Waals surface area contributed by atoms with Crippen LogP contribution in [-0.2, 0) is 11.3 Å². The Morgan fingerprint density at radius 1 is 1.43 bits per heavy atom. The Bertz CT molecular complexity index is 542. The number of carboxylic acids is 1. The number of rotatable bonds is 5. The lowest BCUT2D eigenvalue weighted by atomic mass is 9.94. The van der Waals surface area contributed by atoms with E-state index in [9.17, 15) is 9.59 Å². The molecule has 21 heavy (non-hydrogen) atoms. The minimum atomic E-state index is -0.719. The maximum atomic E-state index is 11.2. The zero-order valence-electron chi connectivity index (χ0n) is 12.3. The zero-order valence-corrected chi connectivity index (χ0v) is 12.3. The molecule has 1 saturated heterocycles. The van der Waals surface area contributed by atoms with Gasteiger partial charge in [-0.05, 0) is 55.5 Å². The Morgan fingerprint density at radius 3 is 2.81 bits per heavy atom. The van der Waals surface area contributed by atoms with E-state index in [0.29, 0.717) is 5.56 Å². The molecular weight excluding hydrogens is 268 g/mol. The highest BCUT2D eigenvalue weighted by Gasteiger charge is 2.22. The van der Waals surface area contributed by atoms with Crippen LogP contribution in [0.5, 0.6) is 0 Å². The first-order valence-electron chi connectivity index (χ1n) is 7.29. The van der Waals surface area contributed by atoms with E-state index in [2.05, 4.69) is 4.90 Å². The second kappa shape index (κ2) is 6.72. The number of carboxylic acid groups (broad SMARTS) is 1. The van der Waals surface area contributed by atoms with E-state index in [1.807, 2.05) is 19.1 Å². The molecule has 0 spiro atoms. The van der Waals surface area contributed by atoms with Crippen molar-refractivity contribution in [3.8, 4) is 0 Å². The highest BCUT2D eigenvalue weighted by molar-refractivity contribution is 5.93. The molecule has 0 saturated carbocycles. The SMILES string of the molecule is Cc1cc(C(N)=O)ccc1CN1CCCC(CC(=O)O)C1. The highest BCUT2D eigenvalue weighted by Crippen LogP contribution is 2.22. The third-order valence-corrected chi connectivity index (χ3v) is 4.09. The molecule has 0 bridgehead atoms. The summed E-state index contributed by atoms with van der Waals surface area (Å²) in [6, 6.07) is 5.51. The Hall–Kier alpha value is -1.88. The summed E-state index contributed by atoms with van der Waals surface area (Å²) in [6.45, 7) is 4.58. The summed E-state index contributed by atoms with van der Waals surface area (Å²) in [4.78, 5) is 24.3. The number of hydrogen-bond acceptors (Lipinski definition) is 3. The summed E-state index contributed by atoms with van der Waals surface area (Å²) in [5.74, 6) is -0.894. The maximum absolute atomic E-state index is 11.2. The standard InChI is InChI=1S/C16H22N2O3/c1-11-7-13(16(17)21)4-5-14(11)10-18-6-2-3-12(9-18)8-15(19)20/h4-5,7,12H,2-3,6,8-10H2,1H3,(H2,17,21)(H,19,20). The molecule has 5 heteroatoms. The molecule has 1 aliphatic rings. The second-order valence-electron chi connectivity index (χ2n) is 5.85. The molecular formula is C16H22N2O3. The molecule has 0 radical (unpaired) electrons. The van der Waals surface area contributed by atoms with Gasteiger partial charge in [-0.25, -0.2) is 0 Å². The van der Waals surface area contributed by atoms with Crippen molar-refractivity contribution in [2.24, 2.45) is 11.7 Å². The average Bonchev–Trinajstić information content (AvgIpc) is 2.40. The van der Waals surface area contributed by atoms with Gasteiger partial charge >= 0.3 is 5.97 Å². The van der Waals surface area contributed by atoms with Gasteiger partial charge in [0.25, 0.3) is 0 Å². The Morgan fingerprint density at radius 2 is 2.19 bits per heavy atom. The topological polar surface area (TPSA) is 83.6 Å². The molecule has 114 valence electrons. The highest BCUT2D eigenvalue weighted by atomic mass is 16.4. The van der Waals surface area contributed by atoms with Crippen molar-refractivity contribution in [1.29, 1.82) is 0 Å². The van der Waals surface area contributed by atoms with Crippen LogP contribution in [0.15, 0.2) is 18.2 Å². The first-order chi connectivity index (χ1) is 9.95. The van der Waals surface area contributed by atoms with Gasteiger partial charge < -0.3 is 10.8 Å². The number of benzene rings is 1. The van der Waals surface area contributed by atoms with E-state index in [1.165, 1.54) is 0 Å². The van der Waals surface area contributed by atoms with Gasteiger partial charge in [0, 0.05) is 25.1 Å². The molecule has 0 aromatic heterocycles. The van der Waals surface area contributed by atoms with Gasteiger partial charge in [0.1, 0.15) is 0 Å². The van der Waals surface area contributed by atoms with Crippen molar-refractivity contribution in [2.45, 2.75) is 32.7 Å². The fraction of sp³-hybridized carbons (Fsp3) is 0.500. The Balaban J connectivity index is 2.01. The van der Waals surface area contributed by atoms with Crippen molar-refractivity contribution < 1.29 is 14.7 Å². The van der Waals surface area contributed by atoms with Crippen molar-refractivity contribution in [3.05, 3.63) is 34.9 Å². The lowest BCUT2D eigenvalue weighted by Crippen LogP contribution is -2.35. The van der Waals surface area contributed by atoms with Crippen molar-refractivity contribution in [3.63, 3.8) is 0 Å². The molecule has 1 unspecified atom stereocenters. The van der Waals surface area contributed by atoms with Gasteiger partial charge in [0.2, 0.25) is 5.91 Å². The van der Waals surface area contributed by atoms with Crippen molar-refractivity contribution in [1.82, 2.24) is 4.90 Å². The summed E-state index contributed by atoms with van der Waals surface area (Å²) in [5.41, 5.74) is 8.01. The lowest BCUT2D eigenvalue weighted by molar-refractivity contribution is -0.138. The van der Waals surface area contributed by atoms with Crippen LogP contribution in [0.25, 0.3) is 0 Å². The molecule has 1 aromatic carbocycles. The monoisotopic (exact) mass is 290 g/mol.